The summed E-state index contributed by atoms with van der Waals surface area (Å²) in [6.07, 6.45) is 3.77. The van der Waals surface area contributed by atoms with E-state index in [-0.39, 0.29) is 55.8 Å². The summed E-state index contributed by atoms with van der Waals surface area (Å²) in [6, 6.07) is 3.89. The second kappa shape index (κ2) is 8.21. The number of carbonyl (C=O) groups is 1. The minimum absolute atomic E-state index is 0.0952. The Bertz CT molecular complexity index is 1780. The predicted octanol–water partition coefficient (Wildman–Crippen LogP) is 4.82. The van der Waals surface area contributed by atoms with Crippen molar-refractivity contribution in [3.63, 3.8) is 0 Å². The molecule has 0 saturated heterocycles. The molecule has 0 aromatic heterocycles. The van der Waals surface area contributed by atoms with E-state index >= 15 is 0 Å². The molecule has 5 aliphatic rings. The molecule has 42 heavy (non-hydrogen) atoms. The molecule has 6 nitrogen and oxygen atoms in total. The molecule has 0 amide bonds. The van der Waals surface area contributed by atoms with Crippen molar-refractivity contribution in [2.45, 2.75) is 103 Å². The Morgan fingerprint density at radius 2 is 1.26 bits per heavy atom. The van der Waals surface area contributed by atoms with Gasteiger partial charge in [0.1, 0.15) is 30.3 Å². The first-order valence-corrected chi connectivity index (χ1v) is 15.7. The molecule has 6 heteroatoms. The molecule has 0 saturated carbocycles. The molecule has 2 aromatic rings. The number of ketones is 1. The quantitative estimate of drug-likeness (QED) is 0.429. The number of carbonyl (C=O) groups excluding carboxylic acids is 1. The van der Waals surface area contributed by atoms with Crippen LogP contribution in [0.1, 0.15) is 109 Å². The third-order valence-electron chi connectivity index (χ3n) is 11.5. The number of phenols is 2. The first-order valence-electron chi connectivity index (χ1n) is 15.7. The number of benzene rings is 2. The maximum Gasteiger partial charge on any atom is 0.211 e. The summed E-state index contributed by atoms with van der Waals surface area (Å²) in [4.78, 5) is 16.5. The van der Waals surface area contributed by atoms with E-state index < -0.39 is 0 Å². The van der Waals surface area contributed by atoms with Crippen LogP contribution in [0.15, 0.2) is 17.9 Å². The zero-order valence-corrected chi connectivity index (χ0v) is 26.5. The van der Waals surface area contributed by atoms with Crippen LogP contribution in [0.2, 0.25) is 0 Å². The number of hydrogen-bond donors (Lipinski definition) is 3. The van der Waals surface area contributed by atoms with Crippen LogP contribution in [-0.4, -0.2) is 47.3 Å². The summed E-state index contributed by atoms with van der Waals surface area (Å²) in [5.74, 6) is -0.269. The number of phenolic OH excluding ortho intramolecular Hbond substituents is 2. The van der Waals surface area contributed by atoms with Crippen molar-refractivity contribution >= 4 is 22.6 Å². The Balaban J connectivity index is 1.52. The molecule has 7 rings (SSSR count). The van der Waals surface area contributed by atoms with Gasteiger partial charge >= 0.3 is 0 Å². The van der Waals surface area contributed by atoms with Gasteiger partial charge in [0.15, 0.2) is 0 Å². The second-order valence-electron chi connectivity index (χ2n) is 16.0. The summed E-state index contributed by atoms with van der Waals surface area (Å²) in [5.41, 5.74) is 5.00. The largest absolute Gasteiger partial charge is 0.507 e. The van der Waals surface area contributed by atoms with Crippen molar-refractivity contribution in [2.24, 2.45) is 0 Å². The lowest BCUT2D eigenvalue weighted by molar-refractivity contribution is -0.110. The third kappa shape index (κ3) is 3.44. The zero-order chi connectivity index (χ0) is 30.3. The molecular weight excluding hydrogens is 524 g/mol. The minimum Gasteiger partial charge on any atom is -0.507 e. The summed E-state index contributed by atoms with van der Waals surface area (Å²) in [6.45, 7) is 21.3. The Morgan fingerprint density at radius 1 is 0.690 bits per heavy atom. The van der Waals surface area contributed by atoms with E-state index in [4.69, 9.17) is 0 Å². The van der Waals surface area contributed by atoms with E-state index in [0.29, 0.717) is 10.8 Å². The van der Waals surface area contributed by atoms with Gasteiger partial charge in [-0.2, -0.15) is 0 Å². The molecule has 222 valence electrons. The maximum atomic E-state index is 14.1. The van der Waals surface area contributed by atoms with Crippen LogP contribution in [0.5, 0.6) is 11.5 Å². The van der Waals surface area contributed by atoms with Gasteiger partial charge in [0, 0.05) is 64.4 Å². The lowest BCUT2D eigenvalue weighted by Gasteiger charge is -2.48. The van der Waals surface area contributed by atoms with Crippen LogP contribution in [0, 0.1) is 0 Å². The molecule has 0 spiro atoms. The lowest BCUT2D eigenvalue weighted by atomic mass is 9.67. The highest BCUT2D eigenvalue weighted by Crippen LogP contribution is 2.55. The number of aliphatic hydroxyl groups is 1. The van der Waals surface area contributed by atoms with Crippen LogP contribution < -0.4 is 20.1 Å². The predicted molar refractivity (Wildman–Crippen MR) is 167 cm³/mol. The average Bonchev–Trinajstić information content (AvgIpc) is 2.88. The van der Waals surface area contributed by atoms with E-state index in [1.54, 1.807) is 0 Å². The molecule has 0 atom stereocenters. The molecular formula is C36H45N2O4+. The zero-order valence-electron chi connectivity index (χ0n) is 26.5. The Kier molecular flexibility index (Phi) is 5.38. The van der Waals surface area contributed by atoms with E-state index in [1.165, 1.54) is 0 Å². The number of anilines is 1. The van der Waals surface area contributed by atoms with Gasteiger partial charge in [-0.25, -0.2) is 4.58 Å². The smallest absolute Gasteiger partial charge is 0.211 e. The SMILES string of the molecule is CC1(C)CCN2CCC(C)(C)c3c(O)c(C4=C(O)/C(=c5\cc6c7c(c5O)C(C)(C)CC[N+]=7CCC6(C)C)C4=O)cc1c32. The highest BCUT2D eigenvalue weighted by atomic mass is 16.3. The Hall–Kier alpha value is -3.28. The fraction of sp³-hybridized carbons (Fsp3) is 0.556. The van der Waals surface area contributed by atoms with Gasteiger partial charge in [-0.3, -0.25) is 4.79 Å². The Morgan fingerprint density at radius 3 is 1.90 bits per heavy atom. The van der Waals surface area contributed by atoms with Gasteiger partial charge in [0.05, 0.1) is 16.7 Å². The van der Waals surface area contributed by atoms with Crippen LogP contribution in [0.25, 0.3) is 11.1 Å². The fourth-order valence-electron chi connectivity index (χ4n) is 8.43. The van der Waals surface area contributed by atoms with E-state index in [0.717, 1.165) is 85.2 Å². The van der Waals surface area contributed by atoms with Gasteiger partial charge in [-0.1, -0.05) is 55.4 Å². The van der Waals surface area contributed by atoms with Gasteiger partial charge in [0.25, 0.3) is 0 Å². The normalized spacial score (nSPS) is 25.6. The van der Waals surface area contributed by atoms with Crippen LogP contribution in [-0.2, 0) is 26.5 Å². The molecule has 0 radical (unpaired) electrons. The highest BCUT2D eigenvalue weighted by molar-refractivity contribution is 6.52. The van der Waals surface area contributed by atoms with Crippen molar-refractivity contribution in [1.29, 1.82) is 0 Å². The molecule has 4 heterocycles. The minimum atomic E-state index is -0.324. The monoisotopic (exact) mass is 569 g/mol. The lowest BCUT2D eigenvalue weighted by Crippen LogP contribution is -2.53. The summed E-state index contributed by atoms with van der Waals surface area (Å²) >= 11 is 0. The van der Waals surface area contributed by atoms with Crippen LogP contribution in [0.3, 0.4) is 0 Å². The van der Waals surface area contributed by atoms with Gasteiger partial charge in [-0.15, -0.1) is 0 Å². The van der Waals surface area contributed by atoms with Gasteiger partial charge < -0.3 is 20.2 Å². The van der Waals surface area contributed by atoms with Crippen molar-refractivity contribution in [2.75, 3.05) is 31.1 Å². The topological polar surface area (TPSA) is 84.0 Å². The molecule has 4 aliphatic heterocycles. The molecule has 0 fully saturated rings. The number of allylic oxidation sites excluding steroid dienone is 2. The molecule has 3 N–H and O–H groups in total. The standard InChI is InChI=1S/C36H44N2O4/c1-33(2)9-13-37-15-11-35(5,6)25-27(37)21(33)17-19(29(25)39)23-31(41)24(32(23)42)20-18-22-28-26(30(20)40)36(7,8)12-16-38(28)14-10-34(22,3)4/h17-18H,9-16H2,1-8H3,(H2,39,40,41,42)/p+1. The fourth-order valence-corrected chi connectivity index (χ4v) is 8.43. The van der Waals surface area contributed by atoms with E-state index in [2.05, 4.69) is 64.9 Å². The number of hydrogen-bond acceptors (Lipinski definition) is 5. The van der Waals surface area contributed by atoms with Crippen molar-refractivity contribution in [3.05, 3.63) is 56.3 Å². The van der Waals surface area contributed by atoms with Crippen molar-refractivity contribution in [1.82, 2.24) is 4.58 Å². The number of rotatable bonds is 1. The van der Waals surface area contributed by atoms with Gasteiger partial charge in [0.2, 0.25) is 11.1 Å². The van der Waals surface area contributed by atoms with Gasteiger partial charge in [-0.05, 0) is 41.4 Å². The van der Waals surface area contributed by atoms with E-state index in [9.17, 15) is 20.1 Å². The molecule has 2 aromatic carbocycles. The maximum absolute atomic E-state index is 14.1. The number of Topliss-reactive ketones (excluding diaryl/α,β-unsaturated/α-hetero) is 1. The Labute approximate surface area is 248 Å². The van der Waals surface area contributed by atoms with Crippen LogP contribution >= 0.6 is 0 Å². The third-order valence-corrected chi connectivity index (χ3v) is 11.5. The summed E-state index contributed by atoms with van der Waals surface area (Å²) in [7, 11) is 0. The summed E-state index contributed by atoms with van der Waals surface area (Å²) in [5, 5.41) is 36.8. The second-order valence-corrected chi connectivity index (χ2v) is 16.0. The molecule has 0 bridgehead atoms. The van der Waals surface area contributed by atoms with E-state index in [1.807, 2.05) is 12.1 Å². The summed E-state index contributed by atoms with van der Waals surface area (Å²) < 4.78 is 2.38. The van der Waals surface area contributed by atoms with Crippen molar-refractivity contribution in [3.8, 4) is 11.5 Å². The molecule has 1 aliphatic carbocycles. The first-order chi connectivity index (χ1) is 19.5. The van der Waals surface area contributed by atoms with Crippen molar-refractivity contribution < 1.29 is 20.1 Å². The first kappa shape index (κ1) is 27.5. The van der Waals surface area contributed by atoms with Crippen LogP contribution in [0.4, 0.5) is 5.69 Å². The highest BCUT2D eigenvalue weighted by Gasteiger charge is 2.47. The molecule has 0 unspecified atom stereocenters. The number of aromatic hydroxyl groups is 2. The average molecular weight is 570 g/mol. The number of nitrogens with zero attached hydrogens (tertiary/aromatic N) is 2. The number of aliphatic hydroxyl groups excluding tert-OH is 1.